The molecule has 0 amide bonds. The topological polar surface area (TPSA) is 0 Å². The second kappa shape index (κ2) is 8.74. The van der Waals surface area contributed by atoms with Crippen molar-refractivity contribution >= 4 is 23.5 Å². The molecule has 0 N–H and O–H groups in total. The number of rotatable bonds is 3. The van der Waals surface area contributed by atoms with Crippen molar-refractivity contribution in [2.45, 2.75) is 70.3 Å². The minimum Gasteiger partial charge on any atom is -0.170 e. The van der Waals surface area contributed by atoms with Gasteiger partial charge in [-0.1, -0.05) is 0 Å². The molecular formula is C20H18F12S2. The molecule has 1 aromatic carbocycles. The molecule has 0 nitrogen and oxygen atoms in total. The quantitative estimate of drug-likeness (QED) is 0.345. The van der Waals surface area contributed by atoms with Gasteiger partial charge >= 0.3 is 24.7 Å². The van der Waals surface area contributed by atoms with Gasteiger partial charge in [-0.05, 0) is 74.4 Å². The monoisotopic (exact) mass is 550 g/mol. The van der Waals surface area contributed by atoms with Gasteiger partial charge in [0.25, 0.3) is 0 Å². The van der Waals surface area contributed by atoms with Gasteiger partial charge in [0.1, 0.15) is 0 Å². The van der Waals surface area contributed by atoms with Gasteiger partial charge in [0.2, 0.25) is 0 Å². The van der Waals surface area contributed by atoms with Crippen LogP contribution in [-0.2, 0) is 6.42 Å². The minimum atomic E-state index is -6.02. The van der Waals surface area contributed by atoms with Gasteiger partial charge in [0.05, 0.1) is 8.82 Å². The molecule has 0 atom stereocenters. The summed E-state index contributed by atoms with van der Waals surface area (Å²) in [5.74, 6) is 0. The molecule has 0 unspecified atom stereocenters. The lowest BCUT2D eigenvalue weighted by Gasteiger charge is -2.47. The fourth-order valence-corrected chi connectivity index (χ4v) is 6.82. The van der Waals surface area contributed by atoms with Gasteiger partial charge < -0.3 is 0 Å². The molecule has 0 spiro atoms. The molecule has 0 bridgehead atoms. The van der Waals surface area contributed by atoms with Crippen molar-refractivity contribution in [1.29, 1.82) is 0 Å². The van der Waals surface area contributed by atoms with E-state index in [4.69, 9.17) is 0 Å². The number of hydrogen-bond donors (Lipinski definition) is 0. The average Bonchev–Trinajstić information content (AvgIpc) is 2.57. The zero-order valence-electron chi connectivity index (χ0n) is 18.1. The maximum atomic E-state index is 14.2. The van der Waals surface area contributed by atoms with E-state index in [-0.39, 0.29) is 16.7 Å². The molecule has 1 aliphatic rings. The Morgan fingerprint density at radius 3 is 1.21 bits per heavy atom. The Labute approximate surface area is 195 Å². The van der Waals surface area contributed by atoms with Gasteiger partial charge in [-0.25, -0.2) is 0 Å². The largest absolute Gasteiger partial charge is 0.422 e. The molecule has 0 aliphatic carbocycles. The van der Waals surface area contributed by atoms with Crippen LogP contribution in [0.25, 0.3) is 0 Å². The summed E-state index contributed by atoms with van der Waals surface area (Å²) in [6, 6.07) is 0. The number of alkyl halides is 12. The number of benzene rings is 1. The van der Waals surface area contributed by atoms with Crippen molar-refractivity contribution in [3.8, 4) is 0 Å². The van der Waals surface area contributed by atoms with Crippen LogP contribution in [0.1, 0.15) is 33.4 Å². The summed E-state index contributed by atoms with van der Waals surface area (Å²) in [7, 11) is 0. The van der Waals surface area contributed by atoms with Crippen LogP contribution in [0.4, 0.5) is 52.7 Å². The number of halogens is 12. The molecule has 1 saturated heterocycles. The molecule has 194 valence electrons. The maximum absolute atomic E-state index is 14.2. The van der Waals surface area contributed by atoms with Crippen LogP contribution in [0.2, 0.25) is 0 Å². The second-order valence-electron chi connectivity index (χ2n) is 7.97. The smallest absolute Gasteiger partial charge is 0.170 e. The van der Waals surface area contributed by atoms with E-state index in [0.29, 0.717) is 16.7 Å². The maximum Gasteiger partial charge on any atom is 0.422 e. The van der Waals surface area contributed by atoms with Crippen LogP contribution in [0.3, 0.4) is 0 Å². The van der Waals surface area contributed by atoms with Crippen molar-refractivity contribution in [2.75, 3.05) is 0 Å². The third-order valence-electron chi connectivity index (χ3n) is 6.22. The van der Waals surface area contributed by atoms with Crippen LogP contribution in [0.5, 0.6) is 0 Å². The lowest BCUT2D eigenvalue weighted by molar-refractivity contribution is -0.334. The Kier molecular flexibility index (Phi) is 7.46. The molecule has 34 heavy (non-hydrogen) atoms. The summed E-state index contributed by atoms with van der Waals surface area (Å²) < 4.78 is 158. The van der Waals surface area contributed by atoms with Gasteiger partial charge in [0.15, 0.2) is 11.0 Å². The Morgan fingerprint density at radius 2 is 0.912 bits per heavy atom. The fraction of sp³-hybridized carbons (Fsp3) is 0.600. The zero-order valence-corrected chi connectivity index (χ0v) is 19.8. The first kappa shape index (κ1) is 29.1. The van der Waals surface area contributed by atoms with Crippen LogP contribution < -0.4 is 0 Å². The Bertz CT molecular complexity index is 926. The third-order valence-corrected chi connectivity index (χ3v) is 9.45. The lowest BCUT2D eigenvalue weighted by Crippen LogP contribution is -2.58. The molecule has 14 heteroatoms. The Morgan fingerprint density at radius 1 is 0.588 bits per heavy atom. The van der Waals surface area contributed by atoms with E-state index in [1.807, 2.05) is 0 Å². The summed E-state index contributed by atoms with van der Waals surface area (Å²) >= 11 is -1.40. The second-order valence-corrected chi connectivity index (χ2v) is 10.8. The Hall–Kier alpha value is -1.18. The number of hydrogen-bond acceptors (Lipinski definition) is 2. The molecule has 2 rings (SSSR count). The highest BCUT2D eigenvalue weighted by Gasteiger charge is 2.76. The van der Waals surface area contributed by atoms with Crippen molar-refractivity contribution in [2.24, 2.45) is 5.41 Å². The van der Waals surface area contributed by atoms with Crippen molar-refractivity contribution in [1.82, 2.24) is 0 Å². The summed E-state index contributed by atoms with van der Waals surface area (Å²) in [4.78, 5) is 0. The SMILES string of the molecule is Cc1c(C)c(C)c(CC(C2SC(=C(C(F)(F)F)C(F)(F)F)S2)(C(F)(F)F)C(F)(F)F)c(C)c1C. The van der Waals surface area contributed by atoms with Gasteiger partial charge in [-0.2, -0.15) is 52.7 Å². The predicted molar refractivity (Wildman–Crippen MR) is 106 cm³/mol. The van der Waals surface area contributed by atoms with Gasteiger partial charge in [0, 0.05) is 0 Å². The molecule has 1 fully saturated rings. The van der Waals surface area contributed by atoms with Crippen LogP contribution in [0, 0.1) is 40.0 Å². The molecule has 1 aromatic rings. The van der Waals surface area contributed by atoms with Crippen molar-refractivity contribution in [3.63, 3.8) is 0 Å². The van der Waals surface area contributed by atoms with Crippen LogP contribution in [0.15, 0.2) is 9.81 Å². The zero-order chi connectivity index (χ0) is 26.8. The summed E-state index contributed by atoms with van der Waals surface area (Å²) in [5, 5.41) is 0. The lowest BCUT2D eigenvalue weighted by atomic mass is 9.77. The molecule has 1 heterocycles. The average molecular weight is 550 g/mol. The molecule has 0 saturated carbocycles. The molecular weight excluding hydrogens is 532 g/mol. The van der Waals surface area contributed by atoms with E-state index < -0.39 is 74.5 Å². The molecule has 0 radical (unpaired) electrons. The first-order chi connectivity index (χ1) is 15.0. The van der Waals surface area contributed by atoms with Crippen molar-refractivity contribution in [3.05, 3.63) is 43.2 Å². The minimum absolute atomic E-state index is 0.148. The van der Waals surface area contributed by atoms with Gasteiger partial charge in [-0.15, -0.1) is 23.5 Å². The predicted octanol–water partition coefficient (Wildman–Crippen LogP) is 9.02. The van der Waals surface area contributed by atoms with Crippen LogP contribution in [-0.4, -0.2) is 29.3 Å². The Balaban J connectivity index is 2.74. The molecule has 1 aliphatic heterocycles. The van der Waals surface area contributed by atoms with Crippen molar-refractivity contribution < 1.29 is 52.7 Å². The van der Waals surface area contributed by atoms with E-state index in [1.54, 1.807) is 6.92 Å². The van der Waals surface area contributed by atoms with E-state index in [2.05, 4.69) is 0 Å². The van der Waals surface area contributed by atoms with E-state index in [1.165, 1.54) is 27.7 Å². The van der Waals surface area contributed by atoms with Gasteiger partial charge in [-0.3, -0.25) is 0 Å². The summed E-state index contributed by atoms with van der Waals surface area (Å²) in [5.41, 5.74) is -6.15. The fourth-order valence-electron chi connectivity index (χ4n) is 3.75. The summed E-state index contributed by atoms with van der Waals surface area (Å²) in [6.45, 7) is 7.32. The van der Waals surface area contributed by atoms with Crippen LogP contribution >= 0.6 is 23.5 Å². The number of allylic oxidation sites excluding steroid dienone is 1. The summed E-state index contributed by atoms with van der Waals surface area (Å²) in [6.07, 6.45) is -25.7. The first-order valence-electron chi connectivity index (χ1n) is 9.39. The highest BCUT2D eigenvalue weighted by atomic mass is 32.3. The van der Waals surface area contributed by atoms with E-state index >= 15 is 0 Å². The standard InChI is InChI=1S/C20H18F12S2/c1-7-8(2)10(4)12(11(5)9(7)3)6-16(19(27,28)29,20(30,31)32)15-33-14(34-15)13(17(21,22)23)18(24,25)26/h15H,6H2,1-5H3. The van der Waals surface area contributed by atoms with E-state index in [0.717, 1.165) is 0 Å². The normalized spacial score (nSPS) is 18.3. The molecule has 0 aromatic heterocycles. The first-order valence-corrected chi connectivity index (χ1v) is 11.2. The number of thioether (sulfide) groups is 2. The third kappa shape index (κ3) is 4.77. The van der Waals surface area contributed by atoms with E-state index in [9.17, 15) is 52.7 Å². The highest BCUT2D eigenvalue weighted by molar-refractivity contribution is 8.38. The highest BCUT2D eigenvalue weighted by Crippen LogP contribution is 2.70.